The number of amides is 1. The third-order valence-corrected chi connectivity index (χ3v) is 7.09. The molecule has 9 atom stereocenters. The molecule has 1 aromatic heterocycles. The van der Waals surface area contributed by atoms with E-state index in [4.69, 9.17) is 15.2 Å². The molecule has 13 nitrogen and oxygen atoms in total. The monoisotopic (exact) mass is 533 g/mol. The zero-order valence-electron chi connectivity index (χ0n) is 21.4. The Kier molecular flexibility index (Phi) is 8.47. The van der Waals surface area contributed by atoms with Crippen molar-refractivity contribution < 1.29 is 34.7 Å². The Bertz CT molecular complexity index is 1160. The molecule has 2 aliphatic rings. The Morgan fingerprint density at radius 1 is 1.11 bits per heavy atom. The summed E-state index contributed by atoms with van der Waals surface area (Å²) in [4.78, 5) is 30.7. The molecule has 1 amide bonds. The van der Waals surface area contributed by atoms with Gasteiger partial charge in [0.05, 0.1) is 30.5 Å². The molecule has 4 rings (SSSR count). The van der Waals surface area contributed by atoms with Gasteiger partial charge in [-0.05, 0) is 51.4 Å². The lowest BCUT2D eigenvalue weighted by atomic mass is 9.84. The Hall–Kier alpha value is -2.91. The Morgan fingerprint density at radius 3 is 2.39 bits per heavy atom. The molecule has 7 N–H and O–H groups in total. The number of nitrogen functional groups attached to an aromatic ring is 1. The first-order chi connectivity index (χ1) is 18.0. The minimum absolute atomic E-state index is 0.0119. The van der Waals surface area contributed by atoms with Crippen LogP contribution in [0, 0.1) is 0 Å². The highest BCUT2D eigenvalue weighted by Gasteiger charge is 2.47. The van der Waals surface area contributed by atoms with Gasteiger partial charge in [-0.15, -0.1) is 0 Å². The predicted octanol–water partition coefficient (Wildman–Crippen LogP) is -1.08. The van der Waals surface area contributed by atoms with Crippen LogP contribution in [-0.4, -0.2) is 104 Å². The van der Waals surface area contributed by atoms with Crippen molar-refractivity contribution in [1.82, 2.24) is 14.5 Å². The molecule has 1 aliphatic carbocycles. The summed E-state index contributed by atoms with van der Waals surface area (Å²) < 4.78 is 13.1. The standard InChI is InChI=1S/C25H35N5O8/c1-12-23(38-17-10-15(31)20(29(2)3)22(34)21(17)33)16(32)11-19(37-12)30-9-8-18(28-25(30)36)27-24(35)13-4-6-14(26)7-5-13/h4-9,12,15-17,19-23,31-34H,10-11,26H2,1-3H3,(H,27,28,35,36)/t12-,15+,16-,17+,19-,20-,21+,22+,23-/m1/s1. The minimum Gasteiger partial charge on any atom is -0.399 e. The van der Waals surface area contributed by atoms with E-state index in [-0.39, 0.29) is 18.7 Å². The van der Waals surface area contributed by atoms with Crippen LogP contribution in [-0.2, 0) is 9.47 Å². The van der Waals surface area contributed by atoms with Crippen molar-refractivity contribution in [1.29, 1.82) is 0 Å². The number of benzene rings is 1. The van der Waals surface area contributed by atoms with Gasteiger partial charge in [0.2, 0.25) is 0 Å². The van der Waals surface area contributed by atoms with Crippen LogP contribution in [0.5, 0.6) is 0 Å². The lowest BCUT2D eigenvalue weighted by Crippen LogP contribution is -2.62. The van der Waals surface area contributed by atoms with Crippen LogP contribution < -0.4 is 16.7 Å². The van der Waals surface area contributed by atoms with Crippen LogP contribution in [0.2, 0.25) is 0 Å². The molecule has 2 aromatic rings. The number of anilines is 2. The third kappa shape index (κ3) is 5.89. The SMILES string of the molecule is C[C@H]1O[C@@H](n2ccc(NC(=O)c3ccc(N)cc3)nc2=O)C[C@@H](O)[C@@H]1O[C@H]1C[C@H](O)[C@@H](N(C)C)[C@H](O)[C@H]1O. The number of aliphatic hydroxyl groups excluding tert-OH is 4. The van der Waals surface area contributed by atoms with Crippen molar-refractivity contribution in [3.8, 4) is 0 Å². The van der Waals surface area contributed by atoms with Gasteiger partial charge in [0, 0.05) is 30.3 Å². The molecule has 0 radical (unpaired) electrons. The second-order valence-electron chi connectivity index (χ2n) is 10.1. The van der Waals surface area contributed by atoms with Crippen molar-refractivity contribution in [3.05, 3.63) is 52.6 Å². The predicted molar refractivity (Wildman–Crippen MR) is 136 cm³/mol. The maximum atomic E-state index is 12.7. The molecule has 1 aromatic carbocycles. The largest absolute Gasteiger partial charge is 0.399 e. The Morgan fingerprint density at radius 2 is 1.79 bits per heavy atom. The van der Waals surface area contributed by atoms with E-state index < -0.39 is 66.6 Å². The van der Waals surface area contributed by atoms with Crippen molar-refractivity contribution in [2.75, 3.05) is 25.1 Å². The number of hydrogen-bond acceptors (Lipinski definition) is 11. The second kappa shape index (κ2) is 11.5. The number of ether oxygens (including phenoxy) is 2. The lowest BCUT2D eigenvalue weighted by Gasteiger charge is -2.46. The van der Waals surface area contributed by atoms with Gasteiger partial charge in [-0.1, -0.05) is 0 Å². The fraction of sp³-hybridized carbons (Fsp3) is 0.560. The van der Waals surface area contributed by atoms with E-state index in [1.807, 2.05) is 0 Å². The number of hydrogen-bond donors (Lipinski definition) is 6. The van der Waals surface area contributed by atoms with E-state index in [2.05, 4.69) is 10.3 Å². The molecular weight excluding hydrogens is 498 g/mol. The van der Waals surface area contributed by atoms with Crippen LogP contribution in [0.1, 0.15) is 36.4 Å². The molecule has 1 saturated carbocycles. The molecule has 2 heterocycles. The zero-order valence-corrected chi connectivity index (χ0v) is 21.4. The fourth-order valence-corrected chi connectivity index (χ4v) is 5.09. The number of nitrogens with one attached hydrogen (secondary N) is 1. The number of carbonyl (C=O) groups excluding carboxylic acids is 1. The van der Waals surface area contributed by atoms with Gasteiger partial charge in [-0.3, -0.25) is 9.36 Å². The first-order valence-corrected chi connectivity index (χ1v) is 12.4. The van der Waals surface area contributed by atoms with Crippen LogP contribution in [0.4, 0.5) is 11.5 Å². The van der Waals surface area contributed by atoms with Crippen molar-refractivity contribution in [2.24, 2.45) is 0 Å². The van der Waals surface area contributed by atoms with Crippen LogP contribution in [0.25, 0.3) is 0 Å². The van der Waals surface area contributed by atoms with Crippen LogP contribution >= 0.6 is 0 Å². The van der Waals surface area contributed by atoms with Gasteiger partial charge in [-0.25, -0.2) is 4.79 Å². The third-order valence-electron chi connectivity index (χ3n) is 7.09. The lowest BCUT2D eigenvalue weighted by molar-refractivity contribution is -0.247. The summed E-state index contributed by atoms with van der Waals surface area (Å²) in [7, 11) is 3.40. The summed E-state index contributed by atoms with van der Waals surface area (Å²) in [5.74, 6) is -0.400. The number of nitrogens with zero attached hydrogens (tertiary/aromatic N) is 3. The molecule has 2 fully saturated rings. The normalized spacial score (nSPS) is 33.7. The maximum Gasteiger partial charge on any atom is 0.351 e. The van der Waals surface area contributed by atoms with Gasteiger partial charge in [0.1, 0.15) is 30.4 Å². The highest BCUT2D eigenvalue weighted by molar-refractivity contribution is 6.03. The number of aromatic nitrogens is 2. The first-order valence-electron chi connectivity index (χ1n) is 12.4. The van der Waals surface area contributed by atoms with E-state index >= 15 is 0 Å². The minimum atomic E-state index is -1.27. The number of rotatable bonds is 6. The molecule has 1 saturated heterocycles. The van der Waals surface area contributed by atoms with E-state index in [1.54, 1.807) is 50.2 Å². The fourth-order valence-electron chi connectivity index (χ4n) is 5.09. The Labute approximate surface area is 219 Å². The van der Waals surface area contributed by atoms with E-state index in [9.17, 15) is 30.0 Å². The van der Waals surface area contributed by atoms with Crippen LogP contribution in [0.15, 0.2) is 41.3 Å². The summed E-state index contributed by atoms with van der Waals surface area (Å²) in [6.07, 6.45) is -6.42. The van der Waals surface area contributed by atoms with E-state index in [0.29, 0.717) is 11.3 Å². The molecule has 1 aliphatic heterocycles. The quantitative estimate of drug-likeness (QED) is 0.247. The van der Waals surface area contributed by atoms with Crippen LogP contribution in [0.3, 0.4) is 0 Å². The summed E-state index contributed by atoms with van der Waals surface area (Å²) >= 11 is 0. The van der Waals surface area contributed by atoms with Gasteiger partial charge >= 0.3 is 5.69 Å². The number of aliphatic hydroxyl groups is 4. The Balaban J connectivity index is 1.40. The average Bonchev–Trinajstić information content (AvgIpc) is 2.84. The highest BCUT2D eigenvalue weighted by Crippen LogP contribution is 2.33. The van der Waals surface area contributed by atoms with E-state index in [0.717, 1.165) is 0 Å². The van der Waals surface area contributed by atoms with Gasteiger partial charge < -0.3 is 45.9 Å². The average molecular weight is 534 g/mol. The molecule has 208 valence electrons. The van der Waals surface area contributed by atoms with Crippen molar-refractivity contribution >= 4 is 17.4 Å². The second-order valence-corrected chi connectivity index (χ2v) is 10.1. The van der Waals surface area contributed by atoms with Gasteiger partial charge in [-0.2, -0.15) is 4.98 Å². The molecule has 0 spiro atoms. The summed E-state index contributed by atoms with van der Waals surface area (Å²) in [5.41, 5.74) is 5.81. The maximum absolute atomic E-state index is 12.7. The first kappa shape index (κ1) is 28.1. The molecular formula is C25H35N5O8. The summed E-state index contributed by atoms with van der Waals surface area (Å²) in [6, 6.07) is 7.07. The topological polar surface area (TPSA) is 193 Å². The smallest absolute Gasteiger partial charge is 0.351 e. The summed E-state index contributed by atoms with van der Waals surface area (Å²) in [5, 5.41) is 45.0. The van der Waals surface area contributed by atoms with Crippen molar-refractivity contribution in [2.45, 2.75) is 74.8 Å². The molecule has 13 heteroatoms. The highest BCUT2D eigenvalue weighted by atomic mass is 16.6. The number of nitrogens with two attached hydrogens (primary N) is 1. The van der Waals surface area contributed by atoms with Gasteiger partial charge in [0.25, 0.3) is 5.91 Å². The van der Waals surface area contributed by atoms with Gasteiger partial charge in [0.15, 0.2) is 0 Å². The molecule has 0 unspecified atom stereocenters. The van der Waals surface area contributed by atoms with E-state index in [1.165, 1.54) is 16.8 Å². The summed E-state index contributed by atoms with van der Waals surface area (Å²) in [6.45, 7) is 1.66. The van der Waals surface area contributed by atoms with Crippen molar-refractivity contribution in [3.63, 3.8) is 0 Å². The zero-order chi connectivity index (χ0) is 27.7. The molecule has 0 bridgehead atoms. The molecule has 38 heavy (non-hydrogen) atoms. The number of carbonyl (C=O) groups is 1. The number of likely N-dealkylation sites (N-methyl/N-ethyl adjacent to an activating group) is 1.